The number of benzene rings is 2. The monoisotopic (exact) mass is 516 g/mol. The molecular weight excluding hydrogens is 504 g/mol. The largest absolute Gasteiger partial charge is 0.505 e. The summed E-state index contributed by atoms with van der Waals surface area (Å²) in [5.74, 6) is 0.375. The normalized spacial score (nSPS) is 11.6. The van der Waals surface area contributed by atoms with Gasteiger partial charge in [-0.3, -0.25) is 0 Å². The predicted molar refractivity (Wildman–Crippen MR) is 111 cm³/mol. The number of oxazole rings is 1. The summed E-state index contributed by atoms with van der Waals surface area (Å²) in [5.41, 5.74) is 6.00. The van der Waals surface area contributed by atoms with Gasteiger partial charge in [-0.15, -0.1) is 0 Å². The molecule has 0 aliphatic heterocycles. The summed E-state index contributed by atoms with van der Waals surface area (Å²) in [5, 5.41) is 9.65. The van der Waals surface area contributed by atoms with Gasteiger partial charge in [0.25, 0.3) is 4.84 Å². The van der Waals surface area contributed by atoms with Crippen LogP contribution in [0.4, 0.5) is 18.9 Å². The number of H-pyrrole nitrogens is 1. The summed E-state index contributed by atoms with van der Waals surface area (Å²) in [4.78, 5) is 2.58. The van der Waals surface area contributed by atoms with Crippen molar-refractivity contribution in [2.75, 3.05) is 5.73 Å². The lowest BCUT2D eigenvalue weighted by Crippen LogP contribution is -2.07. The first-order valence-electron chi connectivity index (χ1n) is 7.68. The van der Waals surface area contributed by atoms with Crippen molar-refractivity contribution in [1.82, 2.24) is 4.98 Å². The Kier molecular flexibility index (Phi) is 6.96. The zero-order valence-corrected chi connectivity index (χ0v) is 18.3. The molecule has 0 amide bonds. The quantitative estimate of drug-likeness (QED) is 0.176. The van der Waals surface area contributed by atoms with Gasteiger partial charge in [0.05, 0.1) is 26.3 Å². The van der Waals surface area contributed by atoms with E-state index in [1.807, 2.05) is 13.8 Å². The molecule has 4 nitrogen and oxygen atoms in total. The second-order valence-electron chi connectivity index (χ2n) is 6.02. The number of phenols is 1. The fourth-order valence-corrected chi connectivity index (χ4v) is 3.95. The summed E-state index contributed by atoms with van der Waals surface area (Å²) in [7, 11) is 0. The van der Waals surface area contributed by atoms with E-state index in [0.29, 0.717) is 16.2 Å². The first-order chi connectivity index (χ1) is 12.8. The lowest BCUT2D eigenvalue weighted by molar-refractivity contribution is -0.138. The molecule has 1 heterocycles. The summed E-state index contributed by atoms with van der Waals surface area (Å²) in [6, 6.07) is 4.41. The molecule has 0 aliphatic rings. The maximum absolute atomic E-state index is 12.7. The number of hydrogen-bond acceptors (Lipinski definition) is 4. The van der Waals surface area contributed by atoms with Crippen molar-refractivity contribution in [3.63, 3.8) is 0 Å². The molecule has 1 aromatic heterocycles. The third-order valence-electron chi connectivity index (χ3n) is 3.64. The molecule has 0 radical (unpaired) electrons. The van der Waals surface area contributed by atoms with Crippen molar-refractivity contribution in [2.24, 2.45) is 0 Å². The highest BCUT2D eigenvalue weighted by Crippen LogP contribution is 2.43. The second kappa shape index (κ2) is 8.52. The number of nitrogens with two attached hydrogens (primary N) is 1. The zero-order chi connectivity index (χ0) is 21.4. The topological polar surface area (TPSA) is 75.2 Å². The van der Waals surface area contributed by atoms with Crippen LogP contribution in [0.1, 0.15) is 30.9 Å². The van der Waals surface area contributed by atoms with Gasteiger partial charge in [-0.05, 0) is 52.3 Å². The van der Waals surface area contributed by atoms with Crippen LogP contribution in [0.25, 0.3) is 11.1 Å². The van der Waals surface area contributed by atoms with Crippen LogP contribution < -0.4 is 5.73 Å². The standard InChI is InChI=1S/C9H12ClNO.C8H2BrClF3NOS/c1-5(2)7-3-6(10)4-8(11)9(7)12;9-5-4(8(11,12)13)2(10)1-3-6(5)15-7(16)14-3/h3-5,12H,11H2,1-2H3;1H,(H,14,16). The van der Waals surface area contributed by atoms with Crippen molar-refractivity contribution in [3.05, 3.63) is 48.7 Å². The third-order valence-corrected chi connectivity index (χ3v) is 5.10. The van der Waals surface area contributed by atoms with Crippen molar-refractivity contribution in [3.8, 4) is 5.75 Å². The Morgan fingerprint density at radius 1 is 1.25 bits per heavy atom. The number of rotatable bonds is 1. The fourth-order valence-electron chi connectivity index (χ4n) is 2.36. The third kappa shape index (κ3) is 4.94. The molecule has 0 fully saturated rings. The van der Waals surface area contributed by atoms with Crippen molar-refractivity contribution >= 4 is 68.1 Å². The molecular formula is C17H14BrCl2F3N2O2S. The van der Waals surface area contributed by atoms with E-state index in [4.69, 9.17) is 33.4 Å². The van der Waals surface area contributed by atoms with E-state index in [9.17, 15) is 18.3 Å². The number of fused-ring (bicyclic) bond motifs is 1. The van der Waals surface area contributed by atoms with Gasteiger partial charge < -0.3 is 20.2 Å². The number of hydrogen-bond donors (Lipinski definition) is 3. The summed E-state index contributed by atoms with van der Waals surface area (Å²) >= 11 is 18.8. The van der Waals surface area contributed by atoms with Gasteiger partial charge in [0.15, 0.2) is 5.58 Å². The van der Waals surface area contributed by atoms with Gasteiger partial charge in [0, 0.05) is 10.6 Å². The maximum atomic E-state index is 12.7. The highest BCUT2D eigenvalue weighted by Gasteiger charge is 2.37. The Morgan fingerprint density at radius 3 is 2.39 bits per heavy atom. The van der Waals surface area contributed by atoms with Crippen molar-refractivity contribution in [2.45, 2.75) is 25.9 Å². The van der Waals surface area contributed by atoms with Gasteiger partial charge in [0.1, 0.15) is 5.75 Å². The minimum atomic E-state index is -4.56. The fraction of sp³-hybridized carbons (Fsp3) is 0.235. The summed E-state index contributed by atoms with van der Waals surface area (Å²) in [6.07, 6.45) is -4.56. The van der Waals surface area contributed by atoms with Crippen LogP contribution in [-0.4, -0.2) is 10.1 Å². The molecule has 0 spiro atoms. The maximum Gasteiger partial charge on any atom is 0.419 e. The minimum Gasteiger partial charge on any atom is -0.505 e. The van der Waals surface area contributed by atoms with E-state index in [2.05, 4.69) is 33.1 Å². The number of aromatic amines is 1. The number of nitrogens with one attached hydrogen (secondary N) is 1. The van der Waals surface area contributed by atoms with E-state index in [1.54, 1.807) is 12.1 Å². The molecule has 0 aliphatic carbocycles. The number of aromatic nitrogens is 1. The number of aromatic hydroxyl groups is 1. The van der Waals surface area contributed by atoms with Crippen molar-refractivity contribution < 1.29 is 22.7 Å². The Bertz CT molecular complexity index is 1080. The predicted octanol–water partition coefficient (Wildman–Crippen LogP) is 7.68. The van der Waals surface area contributed by atoms with Crippen LogP contribution in [0.15, 0.2) is 27.1 Å². The van der Waals surface area contributed by atoms with E-state index in [-0.39, 0.29) is 26.6 Å². The number of halogens is 6. The van der Waals surface area contributed by atoms with Crippen LogP contribution in [0.2, 0.25) is 10.0 Å². The Morgan fingerprint density at radius 2 is 1.86 bits per heavy atom. The van der Waals surface area contributed by atoms with Gasteiger partial charge in [-0.1, -0.05) is 37.0 Å². The van der Waals surface area contributed by atoms with E-state index < -0.39 is 16.8 Å². The first-order valence-corrected chi connectivity index (χ1v) is 9.64. The smallest absolute Gasteiger partial charge is 0.419 e. The molecule has 0 saturated carbocycles. The second-order valence-corrected chi connectivity index (χ2v) is 8.03. The van der Waals surface area contributed by atoms with Gasteiger partial charge in [-0.25, -0.2) is 0 Å². The molecule has 2 aromatic carbocycles. The molecule has 3 rings (SSSR count). The SMILES string of the molecule is CC(C)c1cc(Cl)cc(N)c1O.FC(F)(F)c1c(Cl)cc2[nH]c(=S)oc2c1Br. The van der Waals surface area contributed by atoms with E-state index in [1.165, 1.54) is 0 Å². The lowest BCUT2D eigenvalue weighted by atomic mass is 10.0. The number of anilines is 1. The van der Waals surface area contributed by atoms with Gasteiger partial charge in [-0.2, -0.15) is 13.2 Å². The molecule has 0 atom stereocenters. The van der Waals surface area contributed by atoms with Gasteiger partial charge >= 0.3 is 6.18 Å². The van der Waals surface area contributed by atoms with E-state index >= 15 is 0 Å². The number of phenolic OH excluding ortho intramolecular Hbond substituents is 1. The molecule has 4 N–H and O–H groups in total. The summed E-state index contributed by atoms with van der Waals surface area (Å²) < 4.78 is 42.6. The highest BCUT2D eigenvalue weighted by atomic mass is 79.9. The average Bonchev–Trinajstić information content (AvgIpc) is 2.90. The van der Waals surface area contributed by atoms with Crippen molar-refractivity contribution in [1.29, 1.82) is 0 Å². The van der Waals surface area contributed by atoms with Crippen LogP contribution in [-0.2, 0) is 6.18 Å². The minimum absolute atomic E-state index is 0.00160. The average molecular weight is 518 g/mol. The van der Waals surface area contributed by atoms with Gasteiger partial charge in [0.2, 0.25) is 0 Å². The molecule has 11 heteroatoms. The Labute approximate surface area is 181 Å². The van der Waals surface area contributed by atoms with Crippen LogP contribution in [0, 0.1) is 4.84 Å². The molecule has 3 aromatic rings. The van der Waals surface area contributed by atoms with E-state index in [0.717, 1.165) is 11.6 Å². The molecule has 0 unspecified atom stereocenters. The highest BCUT2D eigenvalue weighted by molar-refractivity contribution is 9.10. The molecule has 0 saturated heterocycles. The summed E-state index contributed by atoms with van der Waals surface area (Å²) in [6.45, 7) is 3.95. The van der Waals surface area contributed by atoms with Crippen LogP contribution in [0.3, 0.4) is 0 Å². The Hall–Kier alpha value is -1.42. The Balaban J connectivity index is 0.000000209. The molecule has 152 valence electrons. The van der Waals surface area contributed by atoms with Crippen LogP contribution >= 0.6 is 51.3 Å². The lowest BCUT2D eigenvalue weighted by Gasteiger charge is -2.10. The molecule has 0 bridgehead atoms. The number of alkyl halides is 3. The molecule has 28 heavy (non-hydrogen) atoms. The van der Waals surface area contributed by atoms with Crippen LogP contribution in [0.5, 0.6) is 5.75 Å². The zero-order valence-electron chi connectivity index (χ0n) is 14.4. The first kappa shape index (κ1) is 22.9. The number of nitrogen functional groups attached to an aromatic ring is 1.